The van der Waals surface area contributed by atoms with Crippen molar-refractivity contribution in [2.75, 3.05) is 31.5 Å². The molecule has 1 aliphatic rings. The highest BCUT2D eigenvalue weighted by Crippen LogP contribution is 2.21. The molecule has 1 fully saturated rings. The monoisotopic (exact) mass is 268 g/mol. The molecule has 2 rings (SSSR count). The van der Waals surface area contributed by atoms with E-state index in [4.69, 9.17) is 11.6 Å². The van der Waals surface area contributed by atoms with Gasteiger partial charge in [0.25, 0.3) is 0 Å². The van der Waals surface area contributed by atoms with Crippen molar-refractivity contribution in [3.05, 3.63) is 16.5 Å². The van der Waals surface area contributed by atoms with Gasteiger partial charge in [0.1, 0.15) is 16.8 Å². The molecular formula is C13H21ClN4. The van der Waals surface area contributed by atoms with E-state index in [-0.39, 0.29) is 0 Å². The van der Waals surface area contributed by atoms with Crippen LogP contribution >= 0.6 is 11.6 Å². The van der Waals surface area contributed by atoms with Gasteiger partial charge in [-0.25, -0.2) is 9.97 Å². The first-order valence-corrected chi connectivity index (χ1v) is 6.95. The third-order valence-corrected chi connectivity index (χ3v) is 3.94. The van der Waals surface area contributed by atoms with Crippen LogP contribution in [-0.2, 0) is 0 Å². The smallest absolute Gasteiger partial charge is 0.137 e. The van der Waals surface area contributed by atoms with E-state index in [0.29, 0.717) is 11.1 Å². The number of nitrogens with zero attached hydrogens (tertiary/aromatic N) is 3. The van der Waals surface area contributed by atoms with Crippen LogP contribution in [0.1, 0.15) is 24.7 Å². The fourth-order valence-corrected chi connectivity index (χ4v) is 2.59. The molecule has 1 aliphatic heterocycles. The van der Waals surface area contributed by atoms with Crippen LogP contribution in [0.4, 0.5) is 5.82 Å². The van der Waals surface area contributed by atoms with E-state index < -0.39 is 0 Å². The number of anilines is 1. The molecule has 0 saturated carbocycles. The van der Waals surface area contributed by atoms with E-state index in [2.05, 4.69) is 27.1 Å². The summed E-state index contributed by atoms with van der Waals surface area (Å²) in [6.07, 6.45) is 1.26. The Balaban J connectivity index is 1.94. The molecule has 5 heteroatoms. The minimum atomic E-state index is 0.548. The summed E-state index contributed by atoms with van der Waals surface area (Å²) in [5.74, 6) is 2.30. The van der Waals surface area contributed by atoms with E-state index in [1.165, 1.54) is 19.5 Å². The van der Waals surface area contributed by atoms with Crippen molar-refractivity contribution in [2.45, 2.75) is 27.2 Å². The van der Waals surface area contributed by atoms with Crippen LogP contribution in [0, 0.1) is 19.8 Å². The lowest BCUT2D eigenvalue weighted by Crippen LogP contribution is -2.23. The number of rotatable bonds is 4. The van der Waals surface area contributed by atoms with Crippen LogP contribution < -0.4 is 5.32 Å². The Bertz CT molecular complexity index is 422. The standard InChI is InChI=1S/C13H21ClN4/c1-4-18-6-5-11(8-18)7-15-13-9(2)12(14)16-10(3)17-13/h11H,4-8H2,1-3H3,(H,15,16,17). The van der Waals surface area contributed by atoms with Gasteiger partial charge in [-0.1, -0.05) is 18.5 Å². The summed E-state index contributed by atoms with van der Waals surface area (Å²) in [5.41, 5.74) is 0.938. The number of nitrogens with one attached hydrogen (secondary N) is 1. The van der Waals surface area contributed by atoms with Crippen LogP contribution in [0.15, 0.2) is 0 Å². The van der Waals surface area contributed by atoms with Gasteiger partial charge in [0, 0.05) is 18.7 Å². The second kappa shape index (κ2) is 5.85. The van der Waals surface area contributed by atoms with Crippen LogP contribution in [0.2, 0.25) is 5.15 Å². The number of aryl methyl sites for hydroxylation is 1. The van der Waals surface area contributed by atoms with Gasteiger partial charge in [-0.05, 0) is 39.3 Å². The van der Waals surface area contributed by atoms with Gasteiger partial charge in [-0.15, -0.1) is 0 Å². The van der Waals surface area contributed by atoms with Crippen molar-refractivity contribution >= 4 is 17.4 Å². The molecule has 0 aromatic carbocycles. The Kier molecular flexibility index (Phi) is 4.40. The number of aromatic nitrogens is 2. The summed E-state index contributed by atoms with van der Waals surface area (Å²) < 4.78 is 0. The fourth-order valence-electron chi connectivity index (χ4n) is 2.37. The normalized spacial score (nSPS) is 20.3. The topological polar surface area (TPSA) is 41.0 Å². The van der Waals surface area contributed by atoms with E-state index in [9.17, 15) is 0 Å². The average molecular weight is 269 g/mol. The van der Waals surface area contributed by atoms with Gasteiger partial charge in [-0.2, -0.15) is 0 Å². The molecule has 4 nitrogen and oxygen atoms in total. The van der Waals surface area contributed by atoms with E-state index >= 15 is 0 Å². The lowest BCUT2D eigenvalue weighted by atomic mass is 10.1. The Hall–Kier alpha value is -0.870. The van der Waals surface area contributed by atoms with Crippen LogP contribution in [-0.4, -0.2) is 41.0 Å². The molecule has 18 heavy (non-hydrogen) atoms. The zero-order valence-electron chi connectivity index (χ0n) is 11.3. The van der Waals surface area contributed by atoms with Gasteiger partial charge >= 0.3 is 0 Å². The van der Waals surface area contributed by atoms with Gasteiger partial charge in [-0.3, -0.25) is 0 Å². The fraction of sp³-hybridized carbons (Fsp3) is 0.692. The molecule has 1 aromatic rings. The zero-order valence-corrected chi connectivity index (χ0v) is 12.1. The highest BCUT2D eigenvalue weighted by Gasteiger charge is 2.21. The van der Waals surface area contributed by atoms with Crippen molar-refractivity contribution < 1.29 is 0 Å². The van der Waals surface area contributed by atoms with Crippen molar-refractivity contribution in [3.63, 3.8) is 0 Å². The van der Waals surface area contributed by atoms with Crippen LogP contribution in [0.5, 0.6) is 0 Å². The number of hydrogen-bond acceptors (Lipinski definition) is 4. The molecular weight excluding hydrogens is 248 g/mol. The largest absolute Gasteiger partial charge is 0.369 e. The summed E-state index contributed by atoms with van der Waals surface area (Å²) in [5, 5.41) is 3.97. The number of likely N-dealkylation sites (tertiary alicyclic amines) is 1. The quantitative estimate of drug-likeness (QED) is 0.852. The second-order valence-corrected chi connectivity index (χ2v) is 5.32. The van der Waals surface area contributed by atoms with Crippen LogP contribution in [0.25, 0.3) is 0 Å². The van der Waals surface area contributed by atoms with Crippen molar-refractivity contribution in [3.8, 4) is 0 Å². The van der Waals surface area contributed by atoms with Gasteiger partial charge in [0.2, 0.25) is 0 Å². The van der Waals surface area contributed by atoms with Crippen molar-refractivity contribution in [1.82, 2.24) is 14.9 Å². The Morgan fingerprint density at radius 1 is 1.39 bits per heavy atom. The Morgan fingerprint density at radius 3 is 2.83 bits per heavy atom. The minimum Gasteiger partial charge on any atom is -0.369 e. The maximum absolute atomic E-state index is 6.06. The highest BCUT2D eigenvalue weighted by atomic mass is 35.5. The summed E-state index contributed by atoms with van der Waals surface area (Å²) in [6.45, 7) is 10.5. The molecule has 1 atom stereocenters. The number of hydrogen-bond donors (Lipinski definition) is 1. The van der Waals surface area contributed by atoms with E-state index in [1.807, 2.05) is 13.8 Å². The molecule has 1 saturated heterocycles. The third kappa shape index (κ3) is 3.12. The molecule has 0 aliphatic carbocycles. The third-order valence-electron chi connectivity index (χ3n) is 3.57. The molecule has 0 amide bonds. The maximum Gasteiger partial charge on any atom is 0.137 e. The Morgan fingerprint density at radius 2 is 2.17 bits per heavy atom. The first-order valence-electron chi connectivity index (χ1n) is 6.57. The SMILES string of the molecule is CCN1CCC(CNc2nc(C)nc(Cl)c2C)C1. The molecule has 1 aromatic heterocycles. The van der Waals surface area contributed by atoms with E-state index in [0.717, 1.165) is 30.3 Å². The predicted octanol–water partition coefficient (Wildman–Crippen LogP) is 2.50. The summed E-state index contributed by atoms with van der Waals surface area (Å²) in [4.78, 5) is 11.0. The summed E-state index contributed by atoms with van der Waals surface area (Å²) >= 11 is 6.06. The van der Waals surface area contributed by atoms with Crippen LogP contribution in [0.3, 0.4) is 0 Å². The molecule has 1 N–H and O–H groups in total. The molecule has 0 bridgehead atoms. The highest BCUT2D eigenvalue weighted by molar-refractivity contribution is 6.30. The Labute approximate surface area is 114 Å². The lowest BCUT2D eigenvalue weighted by Gasteiger charge is -2.15. The lowest BCUT2D eigenvalue weighted by molar-refractivity contribution is 0.345. The zero-order chi connectivity index (χ0) is 13.1. The van der Waals surface area contributed by atoms with Crippen molar-refractivity contribution in [2.24, 2.45) is 5.92 Å². The first-order chi connectivity index (χ1) is 8.60. The minimum absolute atomic E-state index is 0.548. The first kappa shape index (κ1) is 13.6. The predicted molar refractivity (Wildman–Crippen MR) is 75.2 cm³/mol. The molecule has 100 valence electrons. The maximum atomic E-state index is 6.06. The molecule has 0 spiro atoms. The number of halogens is 1. The average Bonchev–Trinajstić information content (AvgIpc) is 2.80. The van der Waals surface area contributed by atoms with Gasteiger partial charge < -0.3 is 10.2 Å². The summed E-state index contributed by atoms with van der Waals surface area (Å²) in [7, 11) is 0. The second-order valence-electron chi connectivity index (χ2n) is 4.96. The van der Waals surface area contributed by atoms with Gasteiger partial charge in [0.05, 0.1) is 0 Å². The molecule has 1 unspecified atom stereocenters. The van der Waals surface area contributed by atoms with Crippen molar-refractivity contribution in [1.29, 1.82) is 0 Å². The molecule has 0 radical (unpaired) electrons. The summed E-state index contributed by atoms with van der Waals surface area (Å²) in [6, 6.07) is 0. The van der Waals surface area contributed by atoms with Gasteiger partial charge in [0.15, 0.2) is 0 Å². The van der Waals surface area contributed by atoms with E-state index in [1.54, 1.807) is 0 Å². The molecule has 2 heterocycles.